The molecule has 5 rings (SSSR count). The minimum atomic E-state index is -1.06. The van der Waals surface area contributed by atoms with Gasteiger partial charge in [-0.1, -0.05) is 18.2 Å². The van der Waals surface area contributed by atoms with Crippen LogP contribution in [0, 0.1) is 11.8 Å². The maximum atomic E-state index is 13.2. The van der Waals surface area contributed by atoms with E-state index in [0.29, 0.717) is 13.1 Å². The molecule has 0 saturated carbocycles. The van der Waals surface area contributed by atoms with Crippen LogP contribution in [0.25, 0.3) is 0 Å². The summed E-state index contributed by atoms with van der Waals surface area (Å²) in [6.07, 6.45) is 0. The zero-order valence-corrected chi connectivity index (χ0v) is 14.2. The number of likely N-dealkylation sites (N-methyl/N-ethyl adjacent to an activating group) is 1. The van der Waals surface area contributed by atoms with Gasteiger partial charge in [0.05, 0.1) is 11.8 Å². The van der Waals surface area contributed by atoms with Gasteiger partial charge in [0.15, 0.2) is 0 Å². The van der Waals surface area contributed by atoms with Crippen molar-refractivity contribution in [3.8, 4) is 0 Å². The molecule has 4 heterocycles. The normalized spacial score (nSPS) is 37.4. The van der Waals surface area contributed by atoms with Crippen LogP contribution in [0.3, 0.4) is 0 Å². The lowest BCUT2D eigenvalue weighted by atomic mass is 9.76. The van der Waals surface area contributed by atoms with Crippen molar-refractivity contribution in [1.29, 1.82) is 0 Å². The number of piperazine rings is 1. The van der Waals surface area contributed by atoms with Crippen LogP contribution < -0.4 is 5.32 Å². The molecule has 3 saturated heterocycles. The maximum Gasteiger partial charge on any atom is 0.250 e. The first kappa shape index (κ1) is 15.0. The summed E-state index contributed by atoms with van der Waals surface area (Å²) in [6, 6.07) is 7.43. The molecule has 0 aliphatic carbocycles. The number of imide groups is 1. The quantitative estimate of drug-likeness (QED) is 0.656. The Morgan fingerprint density at radius 3 is 2.64 bits per heavy atom. The Kier molecular flexibility index (Phi) is 2.81. The Hall–Kier alpha value is -2.25. The van der Waals surface area contributed by atoms with Crippen LogP contribution in [0.5, 0.6) is 0 Å². The predicted molar refractivity (Wildman–Crippen MR) is 89.5 cm³/mol. The number of nitrogens with one attached hydrogen (secondary N) is 1. The molecule has 0 unspecified atom stereocenters. The molecule has 1 spiro atoms. The molecule has 130 valence electrons. The Morgan fingerprint density at radius 2 is 1.84 bits per heavy atom. The van der Waals surface area contributed by atoms with Gasteiger partial charge in [0.1, 0.15) is 5.54 Å². The monoisotopic (exact) mass is 340 g/mol. The summed E-state index contributed by atoms with van der Waals surface area (Å²) >= 11 is 0. The molecule has 1 aromatic rings. The van der Waals surface area contributed by atoms with Crippen molar-refractivity contribution in [3.63, 3.8) is 0 Å². The molecule has 25 heavy (non-hydrogen) atoms. The molecule has 7 heteroatoms. The summed E-state index contributed by atoms with van der Waals surface area (Å²) in [5, 5.41) is 2.96. The highest BCUT2D eigenvalue weighted by molar-refractivity contribution is 6.15. The number of fused-ring (bicyclic) bond motifs is 7. The molecule has 4 aliphatic heterocycles. The molecular weight excluding hydrogens is 320 g/mol. The number of benzene rings is 1. The van der Waals surface area contributed by atoms with Crippen LogP contribution in [0.4, 0.5) is 5.69 Å². The molecule has 1 N–H and O–H groups in total. The Bertz CT molecular complexity index is 824. The van der Waals surface area contributed by atoms with Crippen molar-refractivity contribution >= 4 is 23.4 Å². The highest BCUT2D eigenvalue weighted by atomic mass is 16.2. The van der Waals surface area contributed by atoms with Crippen molar-refractivity contribution in [2.45, 2.75) is 11.6 Å². The van der Waals surface area contributed by atoms with Crippen LogP contribution in [0.15, 0.2) is 24.3 Å². The Labute approximate surface area is 145 Å². The van der Waals surface area contributed by atoms with Gasteiger partial charge in [-0.05, 0) is 13.1 Å². The topological polar surface area (TPSA) is 73.0 Å². The minimum Gasteiger partial charge on any atom is -0.324 e. The van der Waals surface area contributed by atoms with Gasteiger partial charge in [-0.15, -0.1) is 0 Å². The van der Waals surface area contributed by atoms with Gasteiger partial charge >= 0.3 is 0 Å². The fraction of sp³-hybridized carbons (Fsp3) is 0.500. The molecule has 3 amide bonds. The lowest BCUT2D eigenvalue weighted by molar-refractivity contribution is -0.146. The second kappa shape index (κ2) is 4.68. The molecule has 7 nitrogen and oxygen atoms in total. The fourth-order valence-corrected chi connectivity index (χ4v) is 5.40. The van der Waals surface area contributed by atoms with Gasteiger partial charge in [-0.25, -0.2) is 0 Å². The second-order valence-corrected chi connectivity index (χ2v) is 7.53. The van der Waals surface area contributed by atoms with Crippen molar-refractivity contribution in [1.82, 2.24) is 14.7 Å². The predicted octanol–water partition coefficient (Wildman–Crippen LogP) is -0.305. The van der Waals surface area contributed by atoms with Gasteiger partial charge in [-0.2, -0.15) is 0 Å². The largest absolute Gasteiger partial charge is 0.324 e. The van der Waals surface area contributed by atoms with Crippen molar-refractivity contribution < 1.29 is 14.4 Å². The van der Waals surface area contributed by atoms with Crippen LogP contribution in [-0.4, -0.2) is 72.2 Å². The number of hydrogen-bond acceptors (Lipinski definition) is 5. The summed E-state index contributed by atoms with van der Waals surface area (Å²) < 4.78 is 0. The van der Waals surface area contributed by atoms with Gasteiger partial charge < -0.3 is 10.2 Å². The SMILES string of the molecule is CN1CCN2[C@@H](C1)[C@@H]1C(=O)N(C)C(=O)[C@@H]1[C@]21C(=O)Nc2ccccc21. The molecule has 0 aromatic heterocycles. The summed E-state index contributed by atoms with van der Waals surface area (Å²) in [5.74, 6) is -1.68. The summed E-state index contributed by atoms with van der Waals surface area (Å²) in [5.41, 5.74) is 0.518. The molecule has 0 bridgehead atoms. The third-order valence-electron chi connectivity index (χ3n) is 6.44. The number of carbonyl (C=O) groups is 3. The molecule has 0 radical (unpaired) electrons. The fourth-order valence-electron chi connectivity index (χ4n) is 5.40. The number of para-hydroxylation sites is 1. The van der Waals surface area contributed by atoms with Crippen LogP contribution >= 0.6 is 0 Å². The number of nitrogens with zero attached hydrogens (tertiary/aromatic N) is 3. The second-order valence-electron chi connectivity index (χ2n) is 7.53. The molecule has 3 fully saturated rings. The first-order valence-electron chi connectivity index (χ1n) is 8.65. The lowest BCUT2D eigenvalue weighted by Crippen LogP contribution is -2.60. The average molecular weight is 340 g/mol. The third-order valence-corrected chi connectivity index (χ3v) is 6.44. The van der Waals surface area contributed by atoms with Gasteiger partial charge in [0.25, 0.3) is 0 Å². The highest BCUT2D eigenvalue weighted by Crippen LogP contribution is 2.58. The molecule has 4 atom stereocenters. The third kappa shape index (κ3) is 1.56. The first-order valence-corrected chi connectivity index (χ1v) is 8.65. The van der Waals surface area contributed by atoms with Gasteiger partial charge in [0, 0.05) is 44.0 Å². The molecule has 4 aliphatic rings. The summed E-state index contributed by atoms with van der Waals surface area (Å²) in [4.78, 5) is 44.6. The van der Waals surface area contributed by atoms with E-state index in [9.17, 15) is 14.4 Å². The van der Waals surface area contributed by atoms with E-state index >= 15 is 0 Å². The van der Waals surface area contributed by atoms with E-state index in [1.54, 1.807) is 0 Å². The summed E-state index contributed by atoms with van der Waals surface area (Å²) in [6.45, 7) is 2.16. The van der Waals surface area contributed by atoms with E-state index in [1.165, 1.54) is 11.9 Å². The van der Waals surface area contributed by atoms with E-state index in [-0.39, 0.29) is 23.8 Å². The number of amides is 3. The van der Waals surface area contributed by atoms with E-state index in [0.717, 1.165) is 17.8 Å². The van der Waals surface area contributed by atoms with Crippen LogP contribution in [-0.2, 0) is 19.9 Å². The maximum absolute atomic E-state index is 13.2. The lowest BCUT2D eigenvalue weighted by Gasteiger charge is -2.44. The standard InChI is InChI=1S/C18H20N4O3/c1-20-7-8-22-12(9-20)13-14(16(24)21(2)15(13)23)18(22)10-5-3-4-6-11(10)19-17(18)25/h3-6,12-14H,7-9H2,1-2H3,(H,19,25)/t12-,13-,14+,18+/m0/s1. The number of hydrogen-bond donors (Lipinski definition) is 1. The number of carbonyl (C=O) groups excluding carboxylic acids is 3. The molecule has 1 aromatic carbocycles. The average Bonchev–Trinajstić information content (AvgIpc) is 3.14. The minimum absolute atomic E-state index is 0.123. The van der Waals surface area contributed by atoms with Crippen molar-refractivity contribution in [2.75, 3.05) is 39.0 Å². The van der Waals surface area contributed by atoms with Crippen molar-refractivity contribution in [2.24, 2.45) is 11.8 Å². The highest BCUT2D eigenvalue weighted by Gasteiger charge is 2.73. The van der Waals surface area contributed by atoms with Gasteiger partial charge in [0.2, 0.25) is 17.7 Å². The number of rotatable bonds is 0. The Balaban J connectivity index is 1.77. The Morgan fingerprint density at radius 1 is 1.08 bits per heavy atom. The molecular formula is C18H20N4O3. The summed E-state index contributed by atoms with van der Waals surface area (Å²) in [7, 11) is 3.55. The van der Waals surface area contributed by atoms with Crippen LogP contribution in [0.1, 0.15) is 5.56 Å². The van der Waals surface area contributed by atoms with E-state index < -0.39 is 17.4 Å². The van der Waals surface area contributed by atoms with E-state index in [1.807, 2.05) is 31.3 Å². The smallest absolute Gasteiger partial charge is 0.250 e. The number of likely N-dealkylation sites (tertiary alicyclic amines) is 1. The van der Waals surface area contributed by atoms with E-state index in [2.05, 4.69) is 15.1 Å². The zero-order chi connectivity index (χ0) is 17.5. The van der Waals surface area contributed by atoms with Gasteiger partial charge in [-0.3, -0.25) is 24.2 Å². The van der Waals surface area contributed by atoms with Crippen LogP contribution in [0.2, 0.25) is 0 Å². The number of anilines is 1. The van der Waals surface area contributed by atoms with E-state index in [4.69, 9.17) is 0 Å². The van der Waals surface area contributed by atoms with Crippen molar-refractivity contribution in [3.05, 3.63) is 29.8 Å². The zero-order valence-electron chi connectivity index (χ0n) is 14.2. The first-order chi connectivity index (χ1) is 12.0.